The van der Waals surface area contributed by atoms with Gasteiger partial charge < -0.3 is 5.11 Å². The fourth-order valence-corrected chi connectivity index (χ4v) is 3.93. The summed E-state index contributed by atoms with van der Waals surface area (Å²) in [5.41, 5.74) is 2.10. The van der Waals surface area contributed by atoms with Gasteiger partial charge in [0.25, 0.3) is 5.56 Å². The van der Waals surface area contributed by atoms with Crippen molar-refractivity contribution in [2.75, 3.05) is 0 Å². The first-order chi connectivity index (χ1) is 14.0. The third-order valence-electron chi connectivity index (χ3n) is 4.32. The normalized spacial score (nSPS) is 11.6. The summed E-state index contributed by atoms with van der Waals surface area (Å²) in [5, 5.41) is 22.0. The molecule has 142 valence electrons. The van der Waals surface area contributed by atoms with Gasteiger partial charge in [-0.05, 0) is 42.6 Å². The highest BCUT2D eigenvalue weighted by atomic mass is 35.5. The van der Waals surface area contributed by atoms with Crippen molar-refractivity contribution in [1.29, 1.82) is 5.26 Å². The molecule has 3 heterocycles. The Labute approximate surface area is 174 Å². The molecule has 0 aliphatic rings. The zero-order chi connectivity index (χ0) is 20.5. The van der Waals surface area contributed by atoms with Gasteiger partial charge in [0, 0.05) is 17.8 Å². The fraction of sp³-hybridized carbons (Fsp3) is 0.0476. The minimum absolute atomic E-state index is 0.134. The topological polar surface area (TPSA) is 91.8 Å². The Kier molecular flexibility index (Phi) is 4.89. The van der Waals surface area contributed by atoms with Crippen LogP contribution in [0.1, 0.15) is 22.5 Å². The minimum atomic E-state index is -0.316. The van der Waals surface area contributed by atoms with Gasteiger partial charge in [-0.15, -0.1) is 11.3 Å². The minimum Gasteiger partial charge on any atom is -0.507 e. The standard InChI is InChI=1S/C21H13ClN4O2S/c1-12-4-5-13(11-23)14(9-12)17(27)10-18-25-15-6-8-29-19(15)21(28)26(18)16-3-2-7-24-20(16)22/h2-10,27H,1H3. The van der Waals surface area contributed by atoms with E-state index in [1.165, 1.54) is 28.2 Å². The summed E-state index contributed by atoms with van der Waals surface area (Å²) in [7, 11) is 0. The highest BCUT2D eigenvalue weighted by molar-refractivity contribution is 7.17. The molecule has 29 heavy (non-hydrogen) atoms. The van der Waals surface area contributed by atoms with Crippen molar-refractivity contribution in [3.63, 3.8) is 0 Å². The van der Waals surface area contributed by atoms with E-state index in [2.05, 4.69) is 16.0 Å². The zero-order valence-electron chi connectivity index (χ0n) is 15.1. The Balaban J connectivity index is 2.02. The van der Waals surface area contributed by atoms with Gasteiger partial charge in [-0.2, -0.15) is 5.26 Å². The number of hydrogen-bond donors (Lipinski definition) is 1. The Morgan fingerprint density at radius 3 is 2.93 bits per heavy atom. The number of aliphatic hydroxyl groups excluding tert-OH is 1. The Morgan fingerprint density at radius 2 is 2.17 bits per heavy atom. The van der Waals surface area contributed by atoms with Gasteiger partial charge in [0.2, 0.25) is 0 Å². The maximum atomic E-state index is 13.1. The highest BCUT2D eigenvalue weighted by Gasteiger charge is 2.17. The molecule has 0 fully saturated rings. The molecular formula is C21H13ClN4O2S. The van der Waals surface area contributed by atoms with Gasteiger partial charge >= 0.3 is 0 Å². The smallest absolute Gasteiger partial charge is 0.276 e. The number of thiophene rings is 1. The number of aryl methyl sites for hydroxylation is 1. The lowest BCUT2D eigenvalue weighted by Crippen LogP contribution is -2.22. The number of fused-ring (bicyclic) bond motifs is 1. The number of aliphatic hydroxyl groups is 1. The molecule has 0 unspecified atom stereocenters. The molecule has 0 radical (unpaired) electrons. The molecule has 1 N–H and O–H groups in total. The summed E-state index contributed by atoms with van der Waals surface area (Å²) in [6.07, 6.45) is 2.88. The van der Waals surface area contributed by atoms with Crippen molar-refractivity contribution < 1.29 is 5.11 Å². The lowest BCUT2D eigenvalue weighted by Gasteiger charge is -2.12. The van der Waals surface area contributed by atoms with Crippen molar-refractivity contribution in [3.8, 4) is 11.8 Å². The van der Waals surface area contributed by atoms with E-state index in [9.17, 15) is 15.2 Å². The van der Waals surface area contributed by atoms with Gasteiger partial charge in [0.05, 0.1) is 22.8 Å². The average Bonchev–Trinajstić information content (AvgIpc) is 3.18. The van der Waals surface area contributed by atoms with Crippen molar-refractivity contribution >= 4 is 45.0 Å². The second kappa shape index (κ2) is 7.51. The fourth-order valence-electron chi connectivity index (χ4n) is 2.97. The first-order valence-electron chi connectivity index (χ1n) is 8.52. The molecular weight excluding hydrogens is 408 g/mol. The van der Waals surface area contributed by atoms with Crippen LogP contribution >= 0.6 is 22.9 Å². The van der Waals surface area contributed by atoms with Crippen LogP contribution in [0.2, 0.25) is 5.15 Å². The van der Waals surface area contributed by atoms with Gasteiger partial charge in [-0.1, -0.05) is 23.2 Å². The predicted molar refractivity (Wildman–Crippen MR) is 114 cm³/mol. The van der Waals surface area contributed by atoms with Crippen molar-refractivity contribution in [2.45, 2.75) is 6.92 Å². The van der Waals surface area contributed by atoms with Crippen molar-refractivity contribution in [2.24, 2.45) is 0 Å². The summed E-state index contributed by atoms with van der Waals surface area (Å²) in [6.45, 7) is 1.86. The number of nitrogens with zero attached hydrogens (tertiary/aromatic N) is 4. The van der Waals surface area contributed by atoms with Crippen LogP contribution < -0.4 is 5.56 Å². The van der Waals surface area contributed by atoms with Crippen LogP contribution in [0.5, 0.6) is 0 Å². The van der Waals surface area contributed by atoms with Crippen LogP contribution in [-0.2, 0) is 0 Å². The first-order valence-corrected chi connectivity index (χ1v) is 9.78. The third kappa shape index (κ3) is 3.40. The summed E-state index contributed by atoms with van der Waals surface area (Å²) in [6, 6.07) is 12.2. The third-order valence-corrected chi connectivity index (χ3v) is 5.51. The van der Waals surface area contributed by atoms with Crippen LogP contribution in [0.25, 0.3) is 27.7 Å². The van der Waals surface area contributed by atoms with E-state index < -0.39 is 0 Å². The molecule has 6 nitrogen and oxygen atoms in total. The van der Waals surface area contributed by atoms with E-state index in [4.69, 9.17) is 11.6 Å². The van der Waals surface area contributed by atoms with Crippen molar-refractivity contribution in [1.82, 2.24) is 14.5 Å². The molecule has 1 aromatic carbocycles. The number of halogens is 1. The molecule has 8 heteroatoms. The number of benzene rings is 1. The van der Waals surface area contributed by atoms with E-state index in [1.807, 2.05) is 6.92 Å². The summed E-state index contributed by atoms with van der Waals surface area (Å²) >= 11 is 7.50. The van der Waals surface area contributed by atoms with E-state index >= 15 is 0 Å². The zero-order valence-corrected chi connectivity index (χ0v) is 16.7. The Bertz CT molecular complexity index is 1380. The van der Waals surface area contributed by atoms with Crippen LogP contribution in [0, 0.1) is 18.3 Å². The van der Waals surface area contributed by atoms with E-state index in [-0.39, 0.29) is 22.3 Å². The number of nitriles is 1. The van der Waals surface area contributed by atoms with Crippen molar-refractivity contribution in [3.05, 3.63) is 86.0 Å². The van der Waals surface area contributed by atoms with Crippen LogP contribution in [0.4, 0.5) is 0 Å². The van der Waals surface area contributed by atoms with Gasteiger partial charge in [0.1, 0.15) is 16.3 Å². The average molecular weight is 421 g/mol. The molecule has 0 spiro atoms. The first kappa shape index (κ1) is 18.9. The second-order valence-electron chi connectivity index (χ2n) is 6.25. The summed E-state index contributed by atoms with van der Waals surface area (Å²) < 4.78 is 1.78. The molecule has 0 bridgehead atoms. The van der Waals surface area contributed by atoms with E-state index in [0.29, 0.717) is 27.0 Å². The molecule has 4 aromatic rings. The molecule has 0 saturated carbocycles. The number of hydrogen-bond acceptors (Lipinski definition) is 6. The summed E-state index contributed by atoms with van der Waals surface area (Å²) in [5.74, 6) is -0.000752. The molecule has 0 saturated heterocycles. The van der Waals surface area contributed by atoms with Gasteiger partial charge in [0.15, 0.2) is 5.15 Å². The molecule has 0 aliphatic heterocycles. The lowest BCUT2D eigenvalue weighted by atomic mass is 10.0. The largest absolute Gasteiger partial charge is 0.507 e. The SMILES string of the molecule is Cc1ccc(C#N)c(C(O)=Cc2nc3ccsc3c(=O)n2-c2cccnc2Cl)c1. The summed E-state index contributed by atoms with van der Waals surface area (Å²) in [4.78, 5) is 21.7. The lowest BCUT2D eigenvalue weighted by molar-refractivity contribution is 0.514. The maximum Gasteiger partial charge on any atom is 0.276 e. The number of pyridine rings is 1. The van der Waals surface area contributed by atoms with Crippen LogP contribution in [0.15, 0.2) is 52.8 Å². The quantitative estimate of drug-likeness (QED) is 0.382. The molecule has 3 aromatic heterocycles. The predicted octanol–water partition coefficient (Wildman–Crippen LogP) is 4.73. The van der Waals surface area contributed by atoms with Crippen LogP contribution in [-0.4, -0.2) is 19.6 Å². The Morgan fingerprint density at radius 1 is 1.34 bits per heavy atom. The monoisotopic (exact) mass is 420 g/mol. The van der Waals surface area contributed by atoms with Crippen LogP contribution in [0.3, 0.4) is 0 Å². The van der Waals surface area contributed by atoms with Gasteiger partial charge in [-0.3, -0.25) is 9.36 Å². The molecule has 4 rings (SSSR count). The molecule has 0 amide bonds. The number of rotatable bonds is 3. The van der Waals surface area contributed by atoms with E-state index in [1.54, 1.807) is 41.8 Å². The van der Waals surface area contributed by atoms with Gasteiger partial charge in [-0.25, -0.2) is 9.97 Å². The molecule has 0 atom stereocenters. The second-order valence-corrected chi connectivity index (χ2v) is 7.52. The van der Waals surface area contributed by atoms with E-state index in [0.717, 1.165) is 5.56 Å². The number of aromatic nitrogens is 3. The maximum absolute atomic E-state index is 13.1. The Hall–Kier alpha value is -3.47. The molecule has 0 aliphatic carbocycles. The highest BCUT2D eigenvalue weighted by Crippen LogP contribution is 2.25.